The predicted molar refractivity (Wildman–Crippen MR) is 85.3 cm³/mol. The number of aromatic nitrogens is 3. The normalized spacial score (nSPS) is 17.6. The quantitative estimate of drug-likeness (QED) is 0.805. The molecule has 1 aromatic carbocycles. The first-order valence-corrected chi connectivity index (χ1v) is 7.60. The van der Waals surface area contributed by atoms with Gasteiger partial charge < -0.3 is 14.6 Å². The molecular formula is C17H16N4O2. The summed E-state index contributed by atoms with van der Waals surface area (Å²) in [5.41, 5.74) is 1.74. The Morgan fingerprint density at radius 3 is 3.13 bits per heavy atom. The zero-order chi connectivity index (χ0) is 15.6. The molecule has 1 amide bonds. The van der Waals surface area contributed by atoms with Crippen LogP contribution in [0.25, 0.3) is 10.9 Å². The largest absolute Gasteiger partial charge is 0.471 e. The van der Waals surface area contributed by atoms with Gasteiger partial charge in [-0.2, -0.15) is 5.10 Å². The topological polar surface area (TPSA) is 71.1 Å². The Balaban J connectivity index is 1.45. The Morgan fingerprint density at radius 2 is 2.26 bits per heavy atom. The van der Waals surface area contributed by atoms with Crippen molar-refractivity contribution in [1.82, 2.24) is 20.1 Å². The molecule has 0 spiro atoms. The Kier molecular flexibility index (Phi) is 3.42. The van der Waals surface area contributed by atoms with Crippen LogP contribution in [0.5, 0.6) is 5.88 Å². The molecule has 1 atom stereocenters. The molecule has 0 bridgehead atoms. The van der Waals surface area contributed by atoms with Crippen LogP contribution < -0.4 is 4.74 Å². The van der Waals surface area contributed by atoms with E-state index in [1.54, 1.807) is 18.3 Å². The van der Waals surface area contributed by atoms with Crippen molar-refractivity contribution in [1.29, 1.82) is 0 Å². The number of carbonyl (C=O) groups excluding carboxylic acids is 1. The van der Waals surface area contributed by atoms with E-state index in [1.165, 1.54) is 0 Å². The molecule has 1 aliphatic rings. The number of ether oxygens (including phenoxy) is 1. The third kappa shape index (κ3) is 2.75. The Morgan fingerprint density at radius 1 is 1.30 bits per heavy atom. The summed E-state index contributed by atoms with van der Waals surface area (Å²) in [4.78, 5) is 17.6. The van der Waals surface area contributed by atoms with Crippen molar-refractivity contribution >= 4 is 16.8 Å². The highest BCUT2D eigenvalue weighted by Crippen LogP contribution is 2.20. The first-order valence-electron chi connectivity index (χ1n) is 7.60. The molecule has 1 saturated heterocycles. The van der Waals surface area contributed by atoms with E-state index in [2.05, 4.69) is 15.2 Å². The predicted octanol–water partition coefficient (Wildman–Crippen LogP) is 2.25. The van der Waals surface area contributed by atoms with Crippen molar-refractivity contribution in [2.24, 2.45) is 0 Å². The number of nitrogens with one attached hydrogen (secondary N) is 1. The van der Waals surface area contributed by atoms with Crippen LogP contribution in [0, 0.1) is 0 Å². The summed E-state index contributed by atoms with van der Waals surface area (Å²) < 4.78 is 5.78. The lowest BCUT2D eigenvalue weighted by Crippen LogP contribution is -2.31. The number of likely N-dealkylation sites (tertiary alicyclic amines) is 1. The van der Waals surface area contributed by atoms with Gasteiger partial charge in [0.1, 0.15) is 6.10 Å². The van der Waals surface area contributed by atoms with Gasteiger partial charge in [-0.05, 0) is 30.3 Å². The van der Waals surface area contributed by atoms with Crippen molar-refractivity contribution in [2.75, 3.05) is 13.1 Å². The van der Waals surface area contributed by atoms with E-state index in [0.717, 1.165) is 17.3 Å². The first-order chi connectivity index (χ1) is 11.3. The molecule has 23 heavy (non-hydrogen) atoms. The van der Waals surface area contributed by atoms with Gasteiger partial charge in [-0.25, -0.2) is 0 Å². The average molecular weight is 308 g/mol. The second-order valence-corrected chi connectivity index (χ2v) is 5.62. The number of aromatic amines is 1. The summed E-state index contributed by atoms with van der Waals surface area (Å²) >= 11 is 0. The standard InChI is InChI=1S/C17H16N4O2/c22-17(13-3-4-15-12(10-13)5-8-18-15)21-9-6-14(11-21)23-16-2-1-7-19-20-16/h1-5,7-8,10,14,18H,6,9,11H2. The van der Waals surface area contributed by atoms with E-state index in [4.69, 9.17) is 4.74 Å². The molecule has 6 nitrogen and oxygen atoms in total. The molecule has 0 saturated carbocycles. The average Bonchev–Trinajstić information content (AvgIpc) is 3.23. The molecule has 3 heterocycles. The molecule has 4 rings (SSSR count). The molecule has 6 heteroatoms. The van der Waals surface area contributed by atoms with Gasteiger partial charge in [0, 0.05) is 47.9 Å². The second kappa shape index (κ2) is 5.72. The van der Waals surface area contributed by atoms with Gasteiger partial charge in [-0.15, -0.1) is 5.10 Å². The van der Waals surface area contributed by atoms with Crippen LogP contribution in [0.1, 0.15) is 16.8 Å². The van der Waals surface area contributed by atoms with Crippen molar-refractivity contribution in [3.05, 3.63) is 54.4 Å². The summed E-state index contributed by atoms with van der Waals surface area (Å²) in [7, 11) is 0. The minimum atomic E-state index is -0.0355. The molecule has 0 aliphatic carbocycles. The van der Waals surface area contributed by atoms with E-state index >= 15 is 0 Å². The second-order valence-electron chi connectivity index (χ2n) is 5.62. The monoisotopic (exact) mass is 308 g/mol. The van der Waals surface area contributed by atoms with E-state index < -0.39 is 0 Å². The van der Waals surface area contributed by atoms with Crippen molar-refractivity contribution in [3.63, 3.8) is 0 Å². The third-order valence-electron chi connectivity index (χ3n) is 4.07. The number of hydrogen-bond donors (Lipinski definition) is 1. The van der Waals surface area contributed by atoms with Crippen LogP contribution in [0.4, 0.5) is 0 Å². The van der Waals surface area contributed by atoms with Crippen molar-refractivity contribution in [2.45, 2.75) is 12.5 Å². The fraction of sp³-hybridized carbons (Fsp3) is 0.235. The number of carbonyl (C=O) groups is 1. The minimum Gasteiger partial charge on any atom is -0.471 e. The molecular weight excluding hydrogens is 292 g/mol. The summed E-state index contributed by atoms with van der Waals surface area (Å²) in [5, 5.41) is 8.76. The van der Waals surface area contributed by atoms with Crippen LogP contribution in [0.3, 0.4) is 0 Å². The number of benzene rings is 1. The lowest BCUT2D eigenvalue weighted by atomic mass is 10.1. The highest BCUT2D eigenvalue weighted by molar-refractivity contribution is 5.98. The van der Waals surface area contributed by atoms with Crippen LogP contribution >= 0.6 is 0 Å². The number of hydrogen-bond acceptors (Lipinski definition) is 4. The van der Waals surface area contributed by atoms with E-state index in [9.17, 15) is 4.79 Å². The highest BCUT2D eigenvalue weighted by Gasteiger charge is 2.28. The molecule has 1 fully saturated rings. The number of amides is 1. The van der Waals surface area contributed by atoms with E-state index in [-0.39, 0.29) is 12.0 Å². The summed E-state index contributed by atoms with van der Waals surface area (Å²) in [5.74, 6) is 0.541. The third-order valence-corrected chi connectivity index (χ3v) is 4.07. The van der Waals surface area contributed by atoms with Crippen LogP contribution in [-0.4, -0.2) is 45.2 Å². The van der Waals surface area contributed by atoms with Gasteiger partial charge in [0.25, 0.3) is 5.91 Å². The fourth-order valence-electron chi connectivity index (χ4n) is 2.90. The zero-order valence-electron chi connectivity index (χ0n) is 12.5. The Labute approximate surface area is 133 Å². The Bertz CT molecular complexity index is 831. The summed E-state index contributed by atoms with van der Waals surface area (Å²) in [6.07, 6.45) is 4.24. The fourth-order valence-corrected chi connectivity index (χ4v) is 2.90. The van der Waals surface area contributed by atoms with Gasteiger partial charge in [0.05, 0.1) is 6.54 Å². The molecule has 1 aliphatic heterocycles. The lowest BCUT2D eigenvalue weighted by Gasteiger charge is -2.17. The zero-order valence-corrected chi connectivity index (χ0v) is 12.5. The van der Waals surface area contributed by atoms with Gasteiger partial charge in [0.15, 0.2) is 0 Å². The number of rotatable bonds is 3. The SMILES string of the molecule is O=C(c1ccc2[nH]ccc2c1)N1CCC(Oc2cccnn2)C1. The molecule has 116 valence electrons. The highest BCUT2D eigenvalue weighted by atomic mass is 16.5. The van der Waals surface area contributed by atoms with Crippen molar-refractivity contribution < 1.29 is 9.53 Å². The Hall–Kier alpha value is -2.89. The molecule has 3 aromatic rings. The number of nitrogens with zero attached hydrogens (tertiary/aromatic N) is 3. The lowest BCUT2D eigenvalue weighted by molar-refractivity contribution is 0.0771. The van der Waals surface area contributed by atoms with E-state index in [1.807, 2.05) is 35.4 Å². The van der Waals surface area contributed by atoms with Crippen LogP contribution in [-0.2, 0) is 0 Å². The van der Waals surface area contributed by atoms with Gasteiger partial charge in [0.2, 0.25) is 5.88 Å². The molecule has 1 N–H and O–H groups in total. The van der Waals surface area contributed by atoms with Crippen LogP contribution in [0.15, 0.2) is 48.8 Å². The number of H-pyrrole nitrogens is 1. The maximum absolute atomic E-state index is 12.6. The van der Waals surface area contributed by atoms with Gasteiger partial charge in [-0.1, -0.05) is 0 Å². The smallest absolute Gasteiger partial charge is 0.254 e. The molecule has 1 unspecified atom stereocenters. The van der Waals surface area contributed by atoms with E-state index in [0.29, 0.717) is 24.5 Å². The van der Waals surface area contributed by atoms with Gasteiger partial charge in [-0.3, -0.25) is 4.79 Å². The van der Waals surface area contributed by atoms with Crippen LogP contribution in [0.2, 0.25) is 0 Å². The molecule has 0 radical (unpaired) electrons. The maximum atomic E-state index is 12.6. The van der Waals surface area contributed by atoms with Crippen molar-refractivity contribution in [3.8, 4) is 5.88 Å². The first kappa shape index (κ1) is 13.8. The molecule has 2 aromatic heterocycles. The maximum Gasteiger partial charge on any atom is 0.254 e. The summed E-state index contributed by atoms with van der Waals surface area (Å²) in [6.45, 7) is 1.26. The van der Waals surface area contributed by atoms with Gasteiger partial charge >= 0.3 is 0 Å². The minimum absolute atomic E-state index is 0.0355. The summed E-state index contributed by atoms with van der Waals surface area (Å²) in [6, 6.07) is 11.2. The number of fused-ring (bicyclic) bond motifs is 1.